The molecule has 0 unspecified atom stereocenters. The number of hydrogen-bond donors (Lipinski definition) is 0. The third-order valence-electron chi connectivity index (χ3n) is 4.08. The lowest BCUT2D eigenvalue weighted by molar-refractivity contribution is -0.143. The molecule has 0 saturated carbocycles. The molecular formula is C21H18N2O5. The van der Waals surface area contributed by atoms with Gasteiger partial charge in [0.15, 0.2) is 17.6 Å². The van der Waals surface area contributed by atoms with E-state index in [0.29, 0.717) is 30.6 Å². The number of esters is 1. The molecular weight excluding hydrogens is 360 g/mol. The Morgan fingerprint density at radius 3 is 2.68 bits per heavy atom. The molecule has 142 valence electrons. The summed E-state index contributed by atoms with van der Waals surface area (Å²) in [6.45, 7) is 2.72. The van der Waals surface area contributed by atoms with Crippen LogP contribution >= 0.6 is 0 Å². The highest BCUT2D eigenvalue weighted by Gasteiger charge is 2.18. The van der Waals surface area contributed by atoms with Gasteiger partial charge >= 0.3 is 5.97 Å². The summed E-state index contributed by atoms with van der Waals surface area (Å²) in [5.41, 5.74) is 1.61. The second-order valence-corrected chi connectivity index (χ2v) is 6.13. The average Bonchev–Trinajstić information content (AvgIpc) is 3.23. The Balaban J connectivity index is 1.38. The van der Waals surface area contributed by atoms with Crippen LogP contribution < -0.4 is 9.47 Å². The number of carbonyl (C=O) groups excluding carboxylic acids is 1. The van der Waals surface area contributed by atoms with Crippen molar-refractivity contribution >= 4 is 12.0 Å². The molecule has 0 saturated heterocycles. The fraction of sp³-hybridized carbons (Fsp3) is 0.190. The lowest BCUT2D eigenvalue weighted by Gasteiger charge is -2.18. The number of carbonyl (C=O) groups is 1. The van der Waals surface area contributed by atoms with Gasteiger partial charge in [0.25, 0.3) is 5.89 Å². The monoisotopic (exact) mass is 378 g/mol. The minimum absolute atomic E-state index is 0.236. The van der Waals surface area contributed by atoms with E-state index in [1.807, 2.05) is 48.5 Å². The van der Waals surface area contributed by atoms with Gasteiger partial charge in [-0.15, -0.1) is 10.2 Å². The highest BCUT2D eigenvalue weighted by molar-refractivity contribution is 5.87. The van der Waals surface area contributed by atoms with Gasteiger partial charge in [-0.3, -0.25) is 0 Å². The van der Waals surface area contributed by atoms with E-state index < -0.39 is 12.1 Å². The molecule has 1 aliphatic rings. The maximum atomic E-state index is 12.1. The minimum atomic E-state index is -0.664. The minimum Gasteiger partial charge on any atom is -0.486 e. The smallest absolute Gasteiger partial charge is 0.331 e. The predicted molar refractivity (Wildman–Crippen MR) is 101 cm³/mol. The molecule has 28 heavy (non-hydrogen) atoms. The number of fused-ring (bicyclic) bond motifs is 1. The average molecular weight is 378 g/mol. The zero-order valence-corrected chi connectivity index (χ0v) is 15.2. The largest absolute Gasteiger partial charge is 0.486 e. The van der Waals surface area contributed by atoms with Gasteiger partial charge in [-0.2, -0.15) is 0 Å². The van der Waals surface area contributed by atoms with Gasteiger partial charge in [0, 0.05) is 11.6 Å². The first-order valence-corrected chi connectivity index (χ1v) is 8.86. The standard InChI is InChI=1S/C21H18N2O5/c1-14(20-22-23-21(28-20)16-5-3-2-4-6-16)27-19(24)10-8-15-7-9-17-18(13-15)26-12-11-25-17/h2-10,13-14H,11-12H2,1H3/b10-8+/t14-/m0/s1. The van der Waals surface area contributed by atoms with Gasteiger partial charge in [-0.25, -0.2) is 4.79 Å². The quantitative estimate of drug-likeness (QED) is 0.493. The molecule has 0 aliphatic carbocycles. The summed E-state index contributed by atoms with van der Waals surface area (Å²) in [5.74, 6) is 1.46. The normalized spacial score (nSPS) is 14.0. The SMILES string of the molecule is C[C@H](OC(=O)/C=C/c1ccc2c(c1)OCCO2)c1nnc(-c2ccccc2)o1. The van der Waals surface area contributed by atoms with Crippen molar-refractivity contribution in [1.29, 1.82) is 0 Å². The van der Waals surface area contributed by atoms with Crippen LogP contribution in [0, 0.1) is 0 Å². The summed E-state index contributed by atoms with van der Waals surface area (Å²) in [7, 11) is 0. The van der Waals surface area contributed by atoms with Crippen LogP contribution in [0.1, 0.15) is 24.5 Å². The Labute approximate surface area is 161 Å². The highest BCUT2D eigenvalue weighted by Crippen LogP contribution is 2.31. The number of benzene rings is 2. The van der Waals surface area contributed by atoms with Crippen molar-refractivity contribution in [3.05, 3.63) is 66.1 Å². The first kappa shape index (κ1) is 17.8. The number of rotatable bonds is 5. The van der Waals surface area contributed by atoms with Crippen LogP contribution in [0.15, 0.2) is 59.0 Å². The Hall–Kier alpha value is -3.61. The number of hydrogen-bond acceptors (Lipinski definition) is 7. The molecule has 7 nitrogen and oxygen atoms in total. The van der Waals surface area contributed by atoms with Crippen molar-refractivity contribution in [3.63, 3.8) is 0 Å². The van der Waals surface area contributed by atoms with E-state index in [1.54, 1.807) is 13.0 Å². The van der Waals surface area contributed by atoms with Gasteiger partial charge in [-0.05, 0) is 42.8 Å². The van der Waals surface area contributed by atoms with Gasteiger partial charge in [0.1, 0.15) is 13.2 Å². The van der Waals surface area contributed by atoms with Crippen LogP contribution in [0.4, 0.5) is 0 Å². The number of nitrogens with zero attached hydrogens (tertiary/aromatic N) is 2. The molecule has 0 spiro atoms. The number of aromatic nitrogens is 2. The van der Waals surface area contributed by atoms with E-state index in [0.717, 1.165) is 11.1 Å². The van der Waals surface area contributed by atoms with Crippen molar-refractivity contribution < 1.29 is 23.4 Å². The van der Waals surface area contributed by atoms with Gasteiger partial charge in [0.2, 0.25) is 5.89 Å². The molecule has 0 amide bonds. The van der Waals surface area contributed by atoms with Crippen molar-refractivity contribution in [2.45, 2.75) is 13.0 Å². The van der Waals surface area contributed by atoms with Gasteiger partial charge in [0.05, 0.1) is 0 Å². The molecule has 4 rings (SSSR count). The number of ether oxygens (including phenoxy) is 3. The second-order valence-electron chi connectivity index (χ2n) is 6.13. The van der Waals surface area contributed by atoms with E-state index in [4.69, 9.17) is 18.6 Å². The van der Waals surface area contributed by atoms with Crippen molar-refractivity contribution in [2.24, 2.45) is 0 Å². The van der Waals surface area contributed by atoms with Crippen molar-refractivity contribution in [2.75, 3.05) is 13.2 Å². The second kappa shape index (κ2) is 7.96. The topological polar surface area (TPSA) is 83.7 Å². The summed E-state index contributed by atoms with van der Waals surface area (Å²) in [6.07, 6.45) is 2.33. The summed E-state index contributed by atoms with van der Waals surface area (Å²) in [4.78, 5) is 12.1. The van der Waals surface area contributed by atoms with E-state index in [9.17, 15) is 4.79 Å². The highest BCUT2D eigenvalue weighted by atomic mass is 16.6. The third kappa shape index (κ3) is 4.03. The van der Waals surface area contributed by atoms with Crippen LogP contribution in [0.2, 0.25) is 0 Å². The van der Waals surface area contributed by atoms with E-state index in [2.05, 4.69) is 10.2 Å². The molecule has 0 radical (unpaired) electrons. The van der Waals surface area contributed by atoms with Crippen molar-refractivity contribution in [1.82, 2.24) is 10.2 Å². The molecule has 1 atom stereocenters. The summed E-state index contributed by atoms with van der Waals surface area (Å²) in [5, 5.41) is 7.96. The molecule has 1 aromatic heterocycles. The maximum absolute atomic E-state index is 12.1. The van der Waals surface area contributed by atoms with Crippen LogP contribution in [0.25, 0.3) is 17.5 Å². The Morgan fingerprint density at radius 2 is 1.86 bits per heavy atom. The molecule has 2 aromatic carbocycles. The lowest BCUT2D eigenvalue weighted by atomic mass is 10.2. The summed E-state index contributed by atoms with van der Waals surface area (Å²) < 4.78 is 22.0. The summed E-state index contributed by atoms with van der Waals surface area (Å²) >= 11 is 0. The fourth-order valence-corrected chi connectivity index (χ4v) is 2.69. The van der Waals surface area contributed by atoms with E-state index in [1.165, 1.54) is 6.08 Å². The molecule has 2 heterocycles. The predicted octanol–water partition coefficient (Wildman–Crippen LogP) is 3.83. The molecule has 1 aliphatic heterocycles. The molecule has 0 bridgehead atoms. The Morgan fingerprint density at radius 1 is 1.07 bits per heavy atom. The maximum Gasteiger partial charge on any atom is 0.331 e. The first-order chi connectivity index (χ1) is 13.7. The Kier molecular flexibility index (Phi) is 5.05. The third-order valence-corrected chi connectivity index (χ3v) is 4.08. The lowest BCUT2D eigenvalue weighted by Crippen LogP contribution is -2.15. The fourth-order valence-electron chi connectivity index (χ4n) is 2.69. The molecule has 7 heteroatoms. The zero-order valence-electron chi connectivity index (χ0n) is 15.2. The molecule has 0 fully saturated rings. The zero-order chi connectivity index (χ0) is 19.3. The van der Waals surface area contributed by atoms with Gasteiger partial charge in [-0.1, -0.05) is 24.3 Å². The molecule has 0 N–H and O–H groups in total. The van der Waals surface area contributed by atoms with Gasteiger partial charge < -0.3 is 18.6 Å². The molecule has 3 aromatic rings. The Bertz CT molecular complexity index is 997. The first-order valence-electron chi connectivity index (χ1n) is 8.86. The van der Waals surface area contributed by atoms with Crippen LogP contribution in [0.5, 0.6) is 11.5 Å². The van der Waals surface area contributed by atoms with Crippen molar-refractivity contribution in [3.8, 4) is 23.0 Å². The summed E-state index contributed by atoms with van der Waals surface area (Å²) in [6, 6.07) is 14.9. The van der Waals surface area contributed by atoms with E-state index in [-0.39, 0.29) is 5.89 Å². The van der Waals surface area contributed by atoms with Crippen LogP contribution in [-0.4, -0.2) is 29.4 Å². The van der Waals surface area contributed by atoms with E-state index >= 15 is 0 Å². The van der Waals surface area contributed by atoms with Crippen LogP contribution in [-0.2, 0) is 9.53 Å². The van der Waals surface area contributed by atoms with Crippen LogP contribution in [0.3, 0.4) is 0 Å².